The van der Waals surface area contributed by atoms with E-state index in [4.69, 9.17) is 0 Å². The molecule has 0 bridgehead atoms. The number of fused-ring (bicyclic) bond motifs is 1. The molecule has 4 nitrogen and oxygen atoms in total. The van der Waals surface area contributed by atoms with Gasteiger partial charge >= 0.3 is 0 Å². The van der Waals surface area contributed by atoms with E-state index in [2.05, 4.69) is 21.5 Å². The predicted octanol–water partition coefficient (Wildman–Crippen LogP) is 0.469. The molecule has 0 fully saturated rings. The molecule has 1 radical (unpaired) electrons. The summed E-state index contributed by atoms with van der Waals surface area (Å²) in [4.78, 5) is 4.01. The molecule has 0 aliphatic rings. The average molecular weight is 236 g/mol. The van der Waals surface area contributed by atoms with Gasteiger partial charge < -0.3 is 4.98 Å². The molecule has 2 rings (SSSR count). The maximum atomic E-state index is 4.01. The Labute approximate surface area is 95.2 Å². The SMILES string of the molecule is Cc1c[c-]nc2c1nnn2C.[Y]. The molecule has 12 heavy (non-hydrogen) atoms. The van der Waals surface area contributed by atoms with Crippen LogP contribution in [0.5, 0.6) is 0 Å². The largest absolute Gasteiger partial charge is 0.368 e. The first-order valence-electron chi connectivity index (χ1n) is 3.32. The summed E-state index contributed by atoms with van der Waals surface area (Å²) in [5, 5.41) is 7.79. The Hall–Kier alpha value is -0.346. The Morgan fingerprint density at radius 1 is 1.50 bits per heavy atom. The number of nitrogens with zero attached hydrogens (tertiary/aromatic N) is 4. The standard InChI is InChI=1S/C7H7N4.Y/c1-5-3-4-8-7-6(5)9-10-11(7)2;/h3H,1-2H3;/q-1;. The molecular weight excluding hydrogens is 229 g/mol. The van der Waals surface area contributed by atoms with E-state index in [-0.39, 0.29) is 32.7 Å². The third-order valence-corrected chi connectivity index (χ3v) is 1.62. The molecule has 2 heterocycles. The Morgan fingerprint density at radius 2 is 2.25 bits per heavy atom. The van der Waals surface area contributed by atoms with Gasteiger partial charge in [-0.25, -0.2) is 0 Å². The van der Waals surface area contributed by atoms with Crippen molar-refractivity contribution < 1.29 is 32.7 Å². The molecule has 0 unspecified atom stereocenters. The van der Waals surface area contributed by atoms with Crippen molar-refractivity contribution in [2.75, 3.05) is 0 Å². The summed E-state index contributed by atoms with van der Waals surface area (Å²) in [6.07, 6.45) is 2.78. The summed E-state index contributed by atoms with van der Waals surface area (Å²) in [6, 6.07) is 1.80. The predicted molar refractivity (Wildman–Crippen MR) is 39.9 cm³/mol. The molecule has 59 valence electrons. The number of pyridine rings is 1. The Balaban J connectivity index is 0.000000720. The second-order valence-corrected chi connectivity index (χ2v) is 2.45. The van der Waals surface area contributed by atoms with E-state index in [1.807, 2.05) is 14.0 Å². The van der Waals surface area contributed by atoms with Crippen LogP contribution >= 0.6 is 0 Å². The van der Waals surface area contributed by atoms with Crippen LogP contribution in [0.1, 0.15) is 5.56 Å². The molecule has 2 aromatic heterocycles. The number of aromatic nitrogens is 4. The van der Waals surface area contributed by atoms with Crippen LogP contribution in [0.25, 0.3) is 11.2 Å². The minimum absolute atomic E-state index is 0. The zero-order chi connectivity index (χ0) is 7.84. The van der Waals surface area contributed by atoms with Crippen molar-refractivity contribution >= 4 is 11.2 Å². The summed E-state index contributed by atoms with van der Waals surface area (Å²) >= 11 is 0. The van der Waals surface area contributed by atoms with Crippen molar-refractivity contribution in [3.05, 3.63) is 17.8 Å². The molecule has 0 saturated heterocycles. The van der Waals surface area contributed by atoms with Crippen molar-refractivity contribution in [1.29, 1.82) is 0 Å². The van der Waals surface area contributed by atoms with Crippen LogP contribution in [-0.2, 0) is 39.8 Å². The zero-order valence-electron chi connectivity index (χ0n) is 6.94. The molecule has 5 heteroatoms. The monoisotopic (exact) mass is 236 g/mol. The fraction of sp³-hybridized carbons (Fsp3) is 0.286. The second-order valence-electron chi connectivity index (χ2n) is 2.45. The molecule has 0 amide bonds. The van der Waals surface area contributed by atoms with Crippen LogP contribution in [0.4, 0.5) is 0 Å². The van der Waals surface area contributed by atoms with E-state index in [9.17, 15) is 0 Å². The minimum Gasteiger partial charge on any atom is -0.368 e. The van der Waals surface area contributed by atoms with Gasteiger partial charge in [0.2, 0.25) is 0 Å². The van der Waals surface area contributed by atoms with Crippen LogP contribution in [0, 0.1) is 13.1 Å². The van der Waals surface area contributed by atoms with Gasteiger partial charge in [-0.2, -0.15) is 11.2 Å². The van der Waals surface area contributed by atoms with E-state index in [1.165, 1.54) is 0 Å². The van der Waals surface area contributed by atoms with E-state index < -0.39 is 0 Å². The number of aryl methyl sites for hydroxylation is 2. The molecule has 0 spiro atoms. The molecule has 0 aliphatic heterocycles. The summed E-state index contributed by atoms with van der Waals surface area (Å²) in [7, 11) is 1.82. The third-order valence-electron chi connectivity index (χ3n) is 1.62. The van der Waals surface area contributed by atoms with Crippen LogP contribution in [0.15, 0.2) is 6.07 Å². The second kappa shape index (κ2) is 3.58. The van der Waals surface area contributed by atoms with Crippen LogP contribution in [-0.4, -0.2) is 20.0 Å². The van der Waals surface area contributed by atoms with Crippen LogP contribution < -0.4 is 0 Å². The number of hydrogen-bond donors (Lipinski definition) is 0. The molecular formula is C7H7N4Y-. The Bertz CT molecular complexity index is 395. The van der Waals surface area contributed by atoms with Gasteiger partial charge in [-0.15, -0.1) is 5.56 Å². The summed E-state index contributed by atoms with van der Waals surface area (Å²) in [6.45, 7) is 1.97. The zero-order valence-corrected chi connectivity index (χ0v) is 9.78. The Morgan fingerprint density at radius 3 is 2.92 bits per heavy atom. The summed E-state index contributed by atoms with van der Waals surface area (Å²) in [5.41, 5.74) is 2.69. The molecule has 0 aliphatic carbocycles. The first-order valence-corrected chi connectivity index (χ1v) is 3.32. The fourth-order valence-corrected chi connectivity index (χ4v) is 0.991. The third kappa shape index (κ3) is 1.41. The topological polar surface area (TPSA) is 43.6 Å². The van der Waals surface area contributed by atoms with Crippen LogP contribution in [0.2, 0.25) is 0 Å². The first kappa shape index (κ1) is 9.74. The van der Waals surface area contributed by atoms with E-state index in [1.54, 1.807) is 10.7 Å². The van der Waals surface area contributed by atoms with Crippen molar-refractivity contribution in [2.24, 2.45) is 7.05 Å². The van der Waals surface area contributed by atoms with Gasteiger partial charge in [-0.05, 0) is 0 Å². The van der Waals surface area contributed by atoms with E-state index >= 15 is 0 Å². The van der Waals surface area contributed by atoms with Gasteiger partial charge in [0.25, 0.3) is 0 Å². The van der Waals surface area contributed by atoms with Gasteiger partial charge in [0.05, 0.1) is 5.65 Å². The summed E-state index contributed by atoms with van der Waals surface area (Å²) in [5.74, 6) is 0. The molecule has 0 aromatic carbocycles. The van der Waals surface area contributed by atoms with Gasteiger partial charge in [0.15, 0.2) is 0 Å². The smallest absolute Gasteiger partial charge is 0.0646 e. The van der Waals surface area contributed by atoms with Crippen molar-refractivity contribution in [2.45, 2.75) is 6.92 Å². The van der Waals surface area contributed by atoms with Gasteiger partial charge in [0.1, 0.15) is 0 Å². The number of rotatable bonds is 0. The minimum atomic E-state index is 0. The molecule has 0 saturated carbocycles. The first-order chi connectivity index (χ1) is 5.29. The fourth-order valence-electron chi connectivity index (χ4n) is 0.991. The van der Waals surface area contributed by atoms with Crippen molar-refractivity contribution in [1.82, 2.24) is 20.0 Å². The molecule has 0 atom stereocenters. The van der Waals surface area contributed by atoms with Gasteiger partial charge in [-0.3, -0.25) is 4.68 Å². The maximum absolute atomic E-state index is 4.01. The van der Waals surface area contributed by atoms with E-state index in [0.29, 0.717) is 0 Å². The van der Waals surface area contributed by atoms with Gasteiger partial charge in [0, 0.05) is 45.3 Å². The number of hydrogen-bond acceptors (Lipinski definition) is 3. The Kier molecular flexibility index (Phi) is 2.91. The maximum Gasteiger partial charge on any atom is 0.0646 e. The van der Waals surface area contributed by atoms with Crippen LogP contribution in [0.3, 0.4) is 0 Å². The molecule has 2 aromatic rings. The molecule has 0 N–H and O–H groups in total. The average Bonchev–Trinajstić information content (AvgIpc) is 2.35. The summed E-state index contributed by atoms with van der Waals surface area (Å²) < 4.78 is 1.64. The van der Waals surface area contributed by atoms with E-state index in [0.717, 1.165) is 16.7 Å². The van der Waals surface area contributed by atoms with Crippen molar-refractivity contribution in [3.63, 3.8) is 0 Å². The normalized spacial score (nSPS) is 9.83. The quantitative estimate of drug-likeness (QED) is 0.624. The van der Waals surface area contributed by atoms with Gasteiger partial charge in [-0.1, -0.05) is 18.3 Å². The van der Waals surface area contributed by atoms with Crippen molar-refractivity contribution in [3.8, 4) is 0 Å².